The molecule has 3 amide bonds. The number of benzene rings is 1. The summed E-state index contributed by atoms with van der Waals surface area (Å²) in [5, 5.41) is 14.6. The van der Waals surface area contributed by atoms with Crippen LogP contribution in [0, 0.1) is 10.1 Å². The van der Waals surface area contributed by atoms with Gasteiger partial charge in [0.05, 0.1) is 11.3 Å². The molecule has 10 nitrogen and oxygen atoms in total. The van der Waals surface area contributed by atoms with Crippen molar-refractivity contribution in [3.05, 3.63) is 39.9 Å². The molecule has 0 bridgehead atoms. The van der Waals surface area contributed by atoms with Crippen LogP contribution in [-0.2, 0) is 9.59 Å². The summed E-state index contributed by atoms with van der Waals surface area (Å²) in [4.78, 5) is 48.2. The van der Waals surface area contributed by atoms with Gasteiger partial charge < -0.3 is 9.80 Å². The van der Waals surface area contributed by atoms with Crippen LogP contribution in [0.3, 0.4) is 0 Å². The van der Waals surface area contributed by atoms with Crippen LogP contribution in [0.15, 0.2) is 29.4 Å². The molecule has 0 unspecified atom stereocenters. The molecule has 0 saturated carbocycles. The van der Waals surface area contributed by atoms with Crippen molar-refractivity contribution in [1.82, 2.24) is 15.2 Å². The summed E-state index contributed by atoms with van der Waals surface area (Å²) in [5.41, 5.74) is 2.61. The first-order chi connectivity index (χ1) is 12.4. The number of carbonyl (C=O) groups excluding carboxylic acids is 3. The van der Waals surface area contributed by atoms with Crippen molar-refractivity contribution in [3.8, 4) is 0 Å². The van der Waals surface area contributed by atoms with Crippen molar-refractivity contribution < 1.29 is 19.3 Å². The van der Waals surface area contributed by atoms with Gasteiger partial charge in [0.2, 0.25) is 12.3 Å². The predicted octanol–water partition coefficient (Wildman–Crippen LogP) is 0.391. The molecular weight excluding hydrogens is 342 g/mol. The van der Waals surface area contributed by atoms with E-state index in [0.717, 1.165) is 12.5 Å². The lowest BCUT2D eigenvalue weighted by molar-refractivity contribution is -0.384. The van der Waals surface area contributed by atoms with E-state index < -0.39 is 10.8 Å². The van der Waals surface area contributed by atoms with Crippen molar-refractivity contribution in [2.75, 3.05) is 26.2 Å². The van der Waals surface area contributed by atoms with Crippen molar-refractivity contribution in [1.29, 1.82) is 0 Å². The van der Waals surface area contributed by atoms with Gasteiger partial charge in [0.1, 0.15) is 0 Å². The smallest absolute Gasteiger partial charge is 0.271 e. The van der Waals surface area contributed by atoms with Crippen molar-refractivity contribution in [2.45, 2.75) is 13.3 Å². The number of non-ortho nitro benzene ring substituents is 1. The van der Waals surface area contributed by atoms with E-state index in [-0.39, 0.29) is 23.6 Å². The number of hydrazone groups is 1. The van der Waals surface area contributed by atoms with Crippen molar-refractivity contribution in [3.63, 3.8) is 0 Å². The molecule has 2 rings (SSSR count). The highest BCUT2D eigenvalue weighted by Gasteiger charge is 2.20. The third-order valence-electron chi connectivity index (χ3n) is 3.89. The Kier molecular flexibility index (Phi) is 6.36. The molecule has 1 aliphatic heterocycles. The molecule has 0 radical (unpaired) electrons. The number of amides is 3. The number of nitro benzene ring substituents is 1. The Balaban J connectivity index is 1.88. The van der Waals surface area contributed by atoms with Gasteiger partial charge in [0, 0.05) is 49.6 Å². The molecule has 0 spiro atoms. The molecule has 0 atom stereocenters. The molecule has 1 aliphatic rings. The average Bonchev–Trinajstić information content (AvgIpc) is 2.66. The van der Waals surface area contributed by atoms with Crippen LogP contribution >= 0.6 is 0 Å². The molecule has 1 saturated heterocycles. The minimum atomic E-state index is -0.597. The Morgan fingerprint density at radius 1 is 1.31 bits per heavy atom. The first-order valence-corrected chi connectivity index (χ1v) is 7.96. The van der Waals surface area contributed by atoms with Crippen LogP contribution in [0.5, 0.6) is 0 Å². The maximum Gasteiger partial charge on any atom is 0.271 e. The fourth-order valence-electron chi connectivity index (χ4n) is 2.42. The molecular formula is C16H19N5O5. The Bertz CT molecular complexity index is 740. The minimum absolute atomic E-state index is 0.0380. The zero-order valence-electron chi connectivity index (χ0n) is 14.3. The van der Waals surface area contributed by atoms with Crippen LogP contribution in [0.25, 0.3) is 0 Å². The lowest BCUT2D eigenvalue weighted by Gasteiger charge is -2.32. The summed E-state index contributed by atoms with van der Waals surface area (Å²) in [5.74, 6) is -0.735. The molecule has 1 aromatic rings. The van der Waals surface area contributed by atoms with E-state index in [1.165, 1.54) is 18.2 Å². The summed E-state index contributed by atoms with van der Waals surface area (Å²) < 4.78 is 0. The van der Waals surface area contributed by atoms with E-state index >= 15 is 0 Å². The molecule has 1 heterocycles. The van der Waals surface area contributed by atoms with Gasteiger partial charge in [-0.2, -0.15) is 5.10 Å². The zero-order valence-corrected chi connectivity index (χ0v) is 14.3. The van der Waals surface area contributed by atoms with E-state index in [2.05, 4.69) is 10.5 Å². The lowest BCUT2D eigenvalue weighted by Crippen LogP contribution is -2.48. The molecule has 1 fully saturated rings. The Labute approximate surface area is 149 Å². The summed E-state index contributed by atoms with van der Waals surface area (Å²) in [6.45, 7) is 3.52. The SMILES string of the molecule is CC(CC(=O)N1CCN(C=O)CC1)=NNC(=O)c1cccc([N+](=O)[O-])c1. The highest BCUT2D eigenvalue weighted by Crippen LogP contribution is 2.12. The van der Waals surface area contributed by atoms with Crippen molar-refractivity contribution >= 4 is 29.6 Å². The first-order valence-electron chi connectivity index (χ1n) is 7.96. The molecule has 138 valence electrons. The van der Waals surface area contributed by atoms with Gasteiger partial charge in [-0.1, -0.05) is 6.07 Å². The monoisotopic (exact) mass is 361 g/mol. The van der Waals surface area contributed by atoms with Crippen LogP contribution in [0.2, 0.25) is 0 Å². The van der Waals surface area contributed by atoms with E-state index in [4.69, 9.17) is 0 Å². The standard InChI is InChI=1S/C16H19N5O5/c1-12(9-15(23)20-7-5-19(11-22)6-8-20)17-18-16(24)13-3-2-4-14(10-13)21(25)26/h2-4,10-11H,5-9H2,1H3,(H,18,24). The Morgan fingerprint density at radius 3 is 2.62 bits per heavy atom. The van der Waals surface area contributed by atoms with Crippen LogP contribution in [-0.4, -0.2) is 64.8 Å². The number of hydrogen-bond acceptors (Lipinski definition) is 6. The van der Waals surface area contributed by atoms with Crippen LogP contribution in [0.4, 0.5) is 5.69 Å². The number of nitrogens with one attached hydrogen (secondary N) is 1. The third kappa shape index (κ3) is 5.10. The fraction of sp³-hybridized carbons (Fsp3) is 0.375. The number of hydrogen-bond donors (Lipinski definition) is 1. The molecule has 0 aromatic heterocycles. The molecule has 0 aliphatic carbocycles. The van der Waals surface area contributed by atoms with Gasteiger partial charge in [0.15, 0.2) is 0 Å². The highest BCUT2D eigenvalue weighted by molar-refractivity contribution is 6.01. The number of carbonyl (C=O) groups is 3. The van der Waals surface area contributed by atoms with Gasteiger partial charge in [0.25, 0.3) is 11.6 Å². The van der Waals surface area contributed by atoms with E-state index in [0.29, 0.717) is 31.9 Å². The molecule has 10 heteroatoms. The summed E-state index contributed by atoms with van der Waals surface area (Å²) in [6.07, 6.45) is 0.800. The lowest BCUT2D eigenvalue weighted by atomic mass is 10.2. The minimum Gasteiger partial charge on any atom is -0.342 e. The second kappa shape index (κ2) is 8.70. The maximum atomic E-state index is 12.2. The fourth-order valence-corrected chi connectivity index (χ4v) is 2.42. The Morgan fingerprint density at radius 2 is 2.00 bits per heavy atom. The summed E-state index contributed by atoms with van der Waals surface area (Å²) >= 11 is 0. The molecule has 26 heavy (non-hydrogen) atoms. The van der Waals surface area contributed by atoms with Crippen LogP contribution in [0.1, 0.15) is 23.7 Å². The van der Waals surface area contributed by atoms with Gasteiger partial charge in [-0.15, -0.1) is 0 Å². The van der Waals surface area contributed by atoms with Crippen LogP contribution < -0.4 is 5.43 Å². The van der Waals surface area contributed by atoms with Gasteiger partial charge in [-0.05, 0) is 13.0 Å². The number of nitro groups is 1. The third-order valence-corrected chi connectivity index (χ3v) is 3.89. The number of nitrogens with zero attached hydrogens (tertiary/aromatic N) is 4. The normalized spacial score (nSPS) is 14.7. The number of piperazine rings is 1. The zero-order chi connectivity index (χ0) is 19.1. The highest BCUT2D eigenvalue weighted by atomic mass is 16.6. The van der Waals surface area contributed by atoms with Gasteiger partial charge in [-0.3, -0.25) is 24.5 Å². The Hall–Kier alpha value is -3.30. The van der Waals surface area contributed by atoms with E-state index in [9.17, 15) is 24.5 Å². The summed E-state index contributed by atoms with van der Waals surface area (Å²) in [7, 11) is 0. The second-order valence-corrected chi connectivity index (χ2v) is 5.79. The maximum absolute atomic E-state index is 12.2. The predicted molar refractivity (Wildman–Crippen MR) is 92.5 cm³/mol. The topological polar surface area (TPSA) is 125 Å². The largest absolute Gasteiger partial charge is 0.342 e. The molecule has 1 aromatic carbocycles. The second-order valence-electron chi connectivity index (χ2n) is 5.79. The molecule has 1 N–H and O–H groups in total. The average molecular weight is 361 g/mol. The summed E-state index contributed by atoms with van der Waals surface area (Å²) in [6, 6.07) is 5.28. The van der Waals surface area contributed by atoms with Gasteiger partial charge >= 0.3 is 0 Å². The van der Waals surface area contributed by atoms with Gasteiger partial charge in [-0.25, -0.2) is 5.43 Å². The quantitative estimate of drug-likeness (QED) is 0.340. The van der Waals surface area contributed by atoms with E-state index in [1.54, 1.807) is 16.7 Å². The number of rotatable bonds is 6. The van der Waals surface area contributed by atoms with E-state index in [1.807, 2.05) is 0 Å². The first kappa shape index (κ1) is 19.0. The van der Waals surface area contributed by atoms with Crippen molar-refractivity contribution in [2.24, 2.45) is 5.10 Å².